The van der Waals surface area contributed by atoms with E-state index < -0.39 is 5.97 Å². The molecule has 0 saturated carbocycles. The van der Waals surface area contributed by atoms with Gasteiger partial charge >= 0.3 is 5.97 Å². The molecule has 0 aliphatic carbocycles. The van der Waals surface area contributed by atoms with E-state index in [1.54, 1.807) is 24.3 Å². The van der Waals surface area contributed by atoms with Gasteiger partial charge in [0.15, 0.2) is 0 Å². The summed E-state index contributed by atoms with van der Waals surface area (Å²) in [7, 11) is 0. The summed E-state index contributed by atoms with van der Waals surface area (Å²) >= 11 is 5.85. The maximum atomic E-state index is 12.1. The highest BCUT2D eigenvalue weighted by Gasteiger charge is 2.12. The number of hydrogen-bond acceptors (Lipinski definition) is 3. The molecule has 0 atom stereocenters. The van der Waals surface area contributed by atoms with Crippen LogP contribution in [0, 0.1) is 0 Å². The second-order valence-corrected chi connectivity index (χ2v) is 5.10. The molecule has 2 rings (SSSR count). The summed E-state index contributed by atoms with van der Waals surface area (Å²) in [5.41, 5.74) is 1.24. The molecule has 1 N–H and O–H groups in total. The standard InChI is InChI=1S/C15H15ClN2O3/c1-2-7-18-15(21)11(9-14(19)20)8-13(17-18)10-3-5-12(16)6-4-10/h3-6,8H,2,7,9H2,1H3,(H,19,20). The lowest BCUT2D eigenvalue weighted by atomic mass is 10.1. The van der Waals surface area contributed by atoms with Gasteiger partial charge in [0.2, 0.25) is 0 Å². The molecule has 0 unspecified atom stereocenters. The maximum Gasteiger partial charge on any atom is 0.308 e. The number of rotatable bonds is 5. The molecule has 1 aromatic carbocycles. The normalized spacial score (nSPS) is 10.6. The zero-order valence-electron chi connectivity index (χ0n) is 11.5. The van der Waals surface area contributed by atoms with E-state index in [0.717, 1.165) is 12.0 Å². The third-order valence-electron chi connectivity index (χ3n) is 2.97. The monoisotopic (exact) mass is 306 g/mol. The fourth-order valence-electron chi connectivity index (χ4n) is 2.01. The molecule has 0 spiro atoms. The Morgan fingerprint density at radius 1 is 1.33 bits per heavy atom. The van der Waals surface area contributed by atoms with Gasteiger partial charge in [0.1, 0.15) is 0 Å². The quantitative estimate of drug-likeness (QED) is 0.921. The van der Waals surface area contributed by atoms with Crippen molar-refractivity contribution in [1.82, 2.24) is 9.78 Å². The van der Waals surface area contributed by atoms with E-state index in [4.69, 9.17) is 16.7 Å². The summed E-state index contributed by atoms with van der Waals surface area (Å²) in [6, 6.07) is 8.56. The largest absolute Gasteiger partial charge is 0.481 e. The van der Waals surface area contributed by atoms with Gasteiger partial charge < -0.3 is 5.11 Å². The minimum Gasteiger partial charge on any atom is -0.481 e. The molecule has 1 heterocycles. The first-order chi connectivity index (χ1) is 10.0. The van der Waals surface area contributed by atoms with Crippen LogP contribution in [0.25, 0.3) is 11.3 Å². The predicted molar refractivity (Wildman–Crippen MR) is 80.6 cm³/mol. The van der Waals surface area contributed by atoms with Crippen LogP contribution < -0.4 is 5.56 Å². The van der Waals surface area contributed by atoms with Crippen molar-refractivity contribution in [3.8, 4) is 11.3 Å². The Kier molecular flexibility index (Phi) is 4.75. The lowest BCUT2D eigenvalue weighted by Crippen LogP contribution is -2.28. The minimum atomic E-state index is -1.04. The lowest BCUT2D eigenvalue weighted by molar-refractivity contribution is -0.136. The van der Waals surface area contributed by atoms with Gasteiger partial charge in [0.25, 0.3) is 5.56 Å². The van der Waals surface area contributed by atoms with Crippen molar-refractivity contribution in [3.63, 3.8) is 0 Å². The van der Waals surface area contributed by atoms with Gasteiger partial charge in [-0.2, -0.15) is 5.10 Å². The van der Waals surface area contributed by atoms with Gasteiger partial charge in [-0.1, -0.05) is 30.7 Å². The number of hydrogen-bond donors (Lipinski definition) is 1. The van der Waals surface area contributed by atoms with Gasteiger partial charge in [0, 0.05) is 22.7 Å². The first-order valence-electron chi connectivity index (χ1n) is 6.60. The Morgan fingerprint density at radius 2 is 2.00 bits per heavy atom. The van der Waals surface area contributed by atoms with E-state index in [9.17, 15) is 9.59 Å². The van der Waals surface area contributed by atoms with Crippen LogP contribution in [-0.4, -0.2) is 20.9 Å². The van der Waals surface area contributed by atoms with E-state index in [-0.39, 0.29) is 17.5 Å². The molecule has 6 heteroatoms. The molecule has 0 fully saturated rings. The lowest BCUT2D eigenvalue weighted by Gasteiger charge is -2.09. The zero-order valence-corrected chi connectivity index (χ0v) is 12.3. The maximum absolute atomic E-state index is 12.1. The third-order valence-corrected chi connectivity index (χ3v) is 3.22. The average Bonchev–Trinajstić information content (AvgIpc) is 2.43. The van der Waals surface area contributed by atoms with Crippen LogP contribution in [0.15, 0.2) is 35.1 Å². The molecule has 110 valence electrons. The summed E-state index contributed by atoms with van der Waals surface area (Å²) in [5, 5.41) is 13.8. The van der Waals surface area contributed by atoms with Gasteiger partial charge in [0.05, 0.1) is 12.1 Å². The average molecular weight is 307 g/mol. The van der Waals surface area contributed by atoms with E-state index in [1.807, 2.05) is 6.92 Å². The van der Waals surface area contributed by atoms with Crippen molar-refractivity contribution in [2.24, 2.45) is 0 Å². The Labute approximate surface area is 126 Å². The molecule has 0 aliphatic rings. The number of benzene rings is 1. The van der Waals surface area contributed by atoms with Crippen LogP contribution >= 0.6 is 11.6 Å². The molecule has 2 aromatic rings. The Bertz CT molecular complexity index is 708. The molecular weight excluding hydrogens is 292 g/mol. The summed E-state index contributed by atoms with van der Waals surface area (Å²) in [6.07, 6.45) is 0.426. The Hall–Kier alpha value is -2.14. The van der Waals surface area contributed by atoms with Gasteiger partial charge in [-0.15, -0.1) is 0 Å². The molecule has 0 aliphatic heterocycles. The number of carboxylic acids is 1. The first kappa shape index (κ1) is 15.3. The number of halogens is 1. The zero-order chi connectivity index (χ0) is 15.4. The number of carboxylic acid groups (broad SMARTS) is 1. The summed E-state index contributed by atoms with van der Waals surface area (Å²) in [4.78, 5) is 23.0. The summed E-state index contributed by atoms with van der Waals surface area (Å²) in [5.74, 6) is -1.04. The van der Waals surface area contributed by atoms with Crippen molar-refractivity contribution in [2.75, 3.05) is 0 Å². The smallest absolute Gasteiger partial charge is 0.308 e. The fraction of sp³-hybridized carbons (Fsp3) is 0.267. The second kappa shape index (κ2) is 6.54. The molecule has 0 amide bonds. The minimum absolute atomic E-state index is 0.232. The summed E-state index contributed by atoms with van der Waals surface area (Å²) in [6.45, 7) is 2.38. The number of nitrogens with zero attached hydrogens (tertiary/aromatic N) is 2. The van der Waals surface area contributed by atoms with Crippen LogP contribution in [0.2, 0.25) is 5.02 Å². The number of aliphatic carboxylic acids is 1. The van der Waals surface area contributed by atoms with Crippen molar-refractivity contribution >= 4 is 17.6 Å². The Balaban J connectivity index is 2.55. The summed E-state index contributed by atoms with van der Waals surface area (Å²) < 4.78 is 1.32. The van der Waals surface area contributed by atoms with Crippen molar-refractivity contribution in [3.05, 3.63) is 51.3 Å². The van der Waals surface area contributed by atoms with E-state index in [1.165, 1.54) is 10.7 Å². The highest BCUT2D eigenvalue weighted by atomic mass is 35.5. The second-order valence-electron chi connectivity index (χ2n) is 4.66. The van der Waals surface area contributed by atoms with Gasteiger partial charge in [-0.05, 0) is 24.6 Å². The first-order valence-corrected chi connectivity index (χ1v) is 6.98. The van der Waals surface area contributed by atoms with E-state index in [2.05, 4.69) is 5.10 Å². The number of aromatic nitrogens is 2. The van der Waals surface area contributed by atoms with E-state index in [0.29, 0.717) is 17.3 Å². The van der Waals surface area contributed by atoms with Crippen molar-refractivity contribution in [1.29, 1.82) is 0 Å². The molecule has 5 nitrogen and oxygen atoms in total. The molecule has 1 aromatic heterocycles. The number of carbonyl (C=O) groups is 1. The van der Waals surface area contributed by atoms with Crippen LogP contribution in [0.3, 0.4) is 0 Å². The highest BCUT2D eigenvalue weighted by molar-refractivity contribution is 6.30. The van der Waals surface area contributed by atoms with Crippen LogP contribution in [0.5, 0.6) is 0 Å². The van der Waals surface area contributed by atoms with E-state index >= 15 is 0 Å². The topological polar surface area (TPSA) is 72.2 Å². The molecule has 0 radical (unpaired) electrons. The molecule has 0 bridgehead atoms. The highest BCUT2D eigenvalue weighted by Crippen LogP contribution is 2.19. The van der Waals surface area contributed by atoms with Gasteiger partial charge in [-0.3, -0.25) is 9.59 Å². The van der Waals surface area contributed by atoms with Crippen LogP contribution in [0.1, 0.15) is 18.9 Å². The van der Waals surface area contributed by atoms with Crippen molar-refractivity contribution < 1.29 is 9.90 Å². The molecular formula is C15H15ClN2O3. The fourth-order valence-corrected chi connectivity index (χ4v) is 2.14. The van der Waals surface area contributed by atoms with Crippen molar-refractivity contribution in [2.45, 2.75) is 26.3 Å². The molecule has 0 saturated heterocycles. The molecule has 21 heavy (non-hydrogen) atoms. The number of aryl methyl sites for hydroxylation is 1. The predicted octanol–water partition coefficient (Wildman–Crippen LogP) is 2.60. The third kappa shape index (κ3) is 3.70. The van der Waals surface area contributed by atoms with Gasteiger partial charge in [-0.25, -0.2) is 4.68 Å². The van der Waals surface area contributed by atoms with Crippen LogP contribution in [0.4, 0.5) is 0 Å². The van der Waals surface area contributed by atoms with Crippen LogP contribution in [-0.2, 0) is 17.8 Å². The SMILES string of the molecule is CCCn1nc(-c2ccc(Cl)cc2)cc(CC(=O)O)c1=O. The Morgan fingerprint density at radius 3 is 2.57 bits per heavy atom.